The van der Waals surface area contributed by atoms with Crippen LogP contribution in [0.5, 0.6) is 5.75 Å². The average molecular weight is 780 g/mol. The first-order valence-corrected chi connectivity index (χ1v) is 22.1. The number of aliphatic hydroxyl groups excluding tert-OH is 1. The topological polar surface area (TPSA) is 121 Å². The summed E-state index contributed by atoms with van der Waals surface area (Å²) < 4.78 is 0. The Balaban J connectivity index is 1.12. The molecular weight excluding hydrogens is 719 g/mol. The van der Waals surface area contributed by atoms with E-state index in [4.69, 9.17) is 5.73 Å². The van der Waals surface area contributed by atoms with Gasteiger partial charge in [0, 0.05) is 17.3 Å². The largest absolute Gasteiger partial charge is 0.508 e. The van der Waals surface area contributed by atoms with Gasteiger partial charge in [-0.15, -0.1) is 0 Å². The molecule has 10 atom stereocenters. The van der Waals surface area contributed by atoms with Crippen LogP contribution in [0.4, 0.5) is 0 Å². The number of hydrogen-bond acceptors (Lipinski definition) is 5. The molecule has 0 radical (unpaired) electrons. The summed E-state index contributed by atoms with van der Waals surface area (Å²) in [6.07, 6.45) is 28.1. The van der Waals surface area contributed by atoms with Crippen LogP contribution in [0.2, 0.25) is 0 Å². The Morgan fingerprint density at radius 1 is 0.948 bits per heavy atom. The fourth-order valence-corrected chi connectivity index (χ4v) is 12.0. The van der Waals surface area contributed by atoms with Gasteiger partial charge in [0.25, 0.3) is 0 Å². The molecule has 5 aliphatic carbocycles. The number of aldehydes is 1. The monoisotopic (exact) mass is 779 g/mol. The fourth-order valence-electron chi connectivity index (χ4n) is 12.0. The Hall–Kier alpha value is -4.52. The maximum absolute atomic E-state index is 13.8. The number of carboxylic acids is 1. The highest BCUT2D eigenvalue weighted by Crippen LogP contribution is 2.59. The van der Waals surface area contributed by atoms with Gasteiger partial charge in [-0.05, 0) is 145 Å². The number of benzene rings is 3. The Kier molecular flexibility index (Phi) is 12.3. The van der Waals surface area contributed by atoms with Gasteiger partial charge in [-0.3, -0.25) is 4.79 Å². The molecular formula is C52H61NO5. The quantitative estimate of drug-likeness (QED) is 0.0789. The number of carbonyl (C=O) groups is 2. The first-order chi connectivity index (χ1) is 28.3. The third-order valence-corrected chi connectivity index (χ3v) is 14.9. The summed E-state index contributed by atoms with van der Waals surface area (Å²) >= 11 is 0. The summed E-state index contributed by atoms with van der Waals surface area (Å²) in [4.78, 5) is 26.0. The number of hydrogen-bond donors (Lipinski definition) is 4. The molecule has 8 rings (SSSR count). The van der Waals surface area contributed by atoms with Crippen LogP contribution in [0.15, 0.2) is 96.6 Å². The number of nitrogens with two attached hydrogens (primary N) is 1. The number of fused-ring (bicyclic) bond motifs is 3. The molecule has 1 spiro atoms. The van der Waals surface area contributed by atoms with E-state index in [1.165, 1.54) is 33.4 Å². The second-order valence-corrected chi connectivity index (χ2v) is 18.1. The minimum Gasteiger partial charge on any atom is -0.508 e. The van der Waals surface area contributed by atoms with Crippen LogP contribution in [0, 0.1) is 47.3 Å². The Bertz CT molecular complexity index is 2170. The Morgan fingerprint density at radius 2 is 1.74 bits per heavy atom. The standard InChI is InChI=1S/C52H61NO5/c53-24-23-34-13-16-41(25-34)42(32-54)10-3-1-2-7-36-11-6-12-43(33-55)50(51(57)58)52-31-45-29-40-9-5-4-8-39(40)28-44(45)30-46(52)20-17-38-15-14-35(27-49(38)52)26-48(36)37-18-21-47(56)22-19-37/h4-6,8-9,12,14-15,17-22,25,27-29,32,36,41-46,48,50,55-56H,1-3,7,10-11,13,16,23-24,26,30-31,33,53H2,(H,57,58). The van der Waals surface area contributed by atoms with Gasteiger partial charge in [-0.1, -0.05) is 122 Å². The molecule has 0 saturated heterocycles. The van der Waals surface area contributed by atoms with Gasteiger partial charge in [0.05, 0.1) is 12.5 Å². The highest BCUT2D eigenvalue weighted by molar-refractivity contribution is 5.76. The number of aromatic hydroxyl groups is 1. The van der Waals surface area contributed by atoms with Crippen LogP contribution in [0.3, 0.4) is 0 Å². The number of aliphatic carboxylic acids is 1. The van der Waals surface area contributed by atoms with Crippen molar-refractivity contribution in [2.75, 3.05) is 13.2 Å². The third-order valence-electron chi connectivity index (χ3n) is 14.9. The van der Waals surface area contributed by atoms with E-state index in [0.29, 0.717) is 24.8 Å². The van der Waals surface area contributed by atoms with Crippen molar-refractivity contribution < 1.29 is 24.9 Å². The minimum absolute atomic E-state index is 0.00930. The molecule has 3 aromatic carbocycles. The van der Waals surface area contributed by atoms with Crippen molar-refractivity contribution in [2.45, 2.75) is 88.4 Å². The zero-order valence-corrected chi connectivity index (χ0v) is 33.8. The predicted octanol–water partition coefficient (Wildman–Crippen LogP) is 8.24. The Labute approximate surface area is 344 Å². The molecule has 5 N–H and O–H groups in total. The van der Waals surface area contributed by atoms with Crippen molar-refractivity contribution in [2.24, 2.45) is 53.1 Å². The van der Waals surface area contributed by atoms with Gasteiger partial charge < -0.3 is 25.8 Å². The summed E-state index contributed by atoms with van der Waals surface area (Å²) in [7, 11) is 0. The minimum atomic E-state index is -0.841. The fraction of sp³-hybridized carbons (Fsp3) is 0.462. The van der Waals surface area contributed by atoms with E-state index >= 15 is 0 Å². The molecule has 3 aromatic rings. The smallest absolute Gasteiger partial charge is 0.308 e. The molecule has 304 valence electrons. The normalized spacial score (nSPS) is 30.2. The maximum Gasteiger partial charge on any atom is 0.308 e. The number of rotatable bonds is 13. The number of phenols is 1. The number of carbonyl (C=O) groups excluding carboxylic acids is 1. The van der Waals surface area contributed by atoms with Gasteiger partial charge >= 0.3 is 5.97 Å². The van der Waals surface area contributed by atoms with E-state index < -0.39 is 23.2 Å². The molecule has 0 aliphatic heterocycles. The van der Waals surface area contributed by atoms with Crippen LogP contribution < -0.4 is 16.2 Å². The summed E-state index contributed by atoms with van der Waals surface area (Å²) in [5, 5.41) is 35.3. The molecule has 10 unspecified atom stereocenters. The lowest BCUT2D eigenvalue weighted by atomic mass is 9.48. The SMILES string of the molecule is NCCC1=CC(C(C=O)CCCCCC2CC=CC(CO)C(C(=O)O)C34CC5C=c6ccccc6=CC5CC3C=Cc3ccc(cc34)CC2c2ccc(O)cc2)CC1. The van der Waals surface area contributed by atoms with Crippen molar-refractivity contribution in [1.29, 1.82) is 0 Å². The van der Waals surface area contributed by atoms with E-state index in [1.54, 1.807) is 12.1 Å². The molecule has 5 aliphatic rings. The number of carboxylic acid groups (broad SMARTS) is 1. The van der Waals surface area contributed by atoms with Crippen molar-refractivity contribution in [3.63, 3.8) is 0 Å². The first kappa shape index (κ1) is 40.3. The van der Waals surface area contributed by atoms with Crippen molar-refractivity contribution >= 4 is 30.5 Å². The highest BCUT2D eigenvalue weighted by atomic mass is 16.4. The number of unbranched alkanes of at least 4 members (excludes halogenated alkanes) is 2. The molecule has 0 aromatic heterocycles. The van der Waals surface area contributed by atoms with Crippen LogP contribution in [-0.4, -0.2) is 40.7 Å². The average Bonchev–Trinajstić information content (AvgIpc) is 3.69. The summed E-state index contributed by atoms with van der Waals surface area (Å²) in [5.41, 5.74) is 11.1. The number of aliphatic hydroxyl groups is 1. The van der Waals surface area contributed by atoms with Gasteiger partial charge in [0.15, 0.2) is 0 Å². The summed E-state index contributed by atoms with van der Waals surface area (Å²) in [6.45, 7) is 0.424. The zero-order valence-electron chi connectivity index (χ0n) is 33.8. The first-order valence-electron chi connectivity index (χ1n) is 22.1. The van der Waals surface area contributed by atoms with Gasteiger partial charge in [-0.25, -0.2) is 0 Å². The van der Waals surface area contributed by atoms with E-state index in [0.717, 1.165) is 81.8 Å². The lowest BCUT2D eigenvalue weighted by Crippen LogP contribution is -2.55. The van der Waals surface area contributed by atoms with E-state index in [2.05, 4.69) is 91.1 Å². The zero-order chi connectivity index (χ0) is 40.2. The molecule has 2 bridgehead atoms. The van der Waals surface area contributed by atoms with E-state index in [-0.39, 0.29) is 41.9 Å². The molecule has 58 heavy (non-hydrogen) atoms. The van der Waals surface area contributed by atoms with Gasteiger partial charge in [0.1, 0.15) is 12.0 Å². The van der Waals surface area contributed by atoms with Crippen molar-refractivity contribution in [1.82, 2.24) is 0 Å². The second-order valence-electron chi connectivity index (χ2n) is 18.1. The molecule has 6 nitrogen and oxygen atoms in total. The van der Waals surface area contributed by atoms with E-state index in [9.17, 15) is 24.9 Å². The summed E-state index contributed by atoms with van der Waals surface area (Å²) in [5.74, 6) is -0.633. The van der Waals surface area contributed by atoms with Crippen molar-refractivity contribution in [3.05, 3.63) is 129 Å². The number of phenolic OH excluding ortho intramolecular Hbond substituents is 1. The van der Waals surface area contributed by atoms with Crippen LogP contribution in [0.1, 0.15) is 98.8 Å². The van der Waals surface area contributed by atoms with Crippen molar-refractivity contribution in [3.8, 4) is 5.75 Å². The van der Waals surface area contributed by atoms with Crippen LogP contribution >= 0.6 is 0 Å². The van der Waals surface area contributed by atoms with Crippen LogP contribution in [-0.2, 0) is 21.4 Å². The number of allylic oxidation sites excluding steroid dienone is 3. The van der Waals surface area contributed by atoms with Crippen LogP contribution in [0.25, 0.3) is 18.2 Å². The third kappa shape index (κ3) is 8.07. The molecule has 1 saturated carbocycles. The van der Waals surface area contributed by atoms with Gasteiger partial charge in [-0.2, -0.15) is 0 Å². The molecule has 0 amide bonds. The molecule has 6 heteroatoms. The van der Waals surface area contributed by atoms with E-state index in [1.807, 2.05) is 6.08 Å². The lowest BCUT2D eigenvalue weighted by Gasteiger charge is -2.55. The maximum atomic E-state index is 13.8. The second kappa shape index (κ2) is 17.8. The molecule has 1 fully saturated rings. The predicted molar refractivity (Wildman–Crippen MR) is 232 cm³/mol. The molecule has 0 heterocycles. The highest BCUT2D eigenvalue weighted by Gasteiger charge is 2.57. The van der Waals surface area contributed by atoms with Gasteiger partial charge in [0.2, 0.25) is 0 Å². The lowest BCUT2D eigenvalue weighted by molar-refractivity contribution is -0.149. The summed E-state index contributed by atoms with van der Waals surface area (Å²) in [6, 6.07) is 23.0. The Morgan fingerprint density at radius 3 is 2.48 bits per heavy atom.